The molecule has 0 bridgehead atoms. The van der Waals surface area contributed by atoms with Gasteiger partial charge in [0.05, 0.1) is 15.7 Å². The van der Waals surface area contributed by atoms with E-state index in [0.717, 1.165) is 4.47 Å². The maximum absolute atomic E-state index is 12.1. The molecule has 0 aliphatic rings. The van der Waals surface area contributed by atoms with Crippen LogP contribution in [0, 0.1) is 0 Å². The lowest BCUT2D eigenvalue weighted by atomic mass is 10.3. The van der Waals surface area contributed by atoms with E-state index < -0.39 is 10.8 Å². The van der Waals surface area contributed by atoms with E-state index in [-0.39, 0.29) is 11.7 Å². The highest BCUT2D eigenvalue weighted by Crippen LogP contribution is 2.17. The predicted octanol–water partition coefficient (Wildman–Crippen LogP) is 2.78. The first-order valence-corrected chi connectivity index (χ1v) is 7.96. The third-order valence-electron chi connectivity index (χ3n) is 2.53. The molecule has 2 aromatic rings. The first kappa shape index (κ1) is 14.7. The van der Waals surface area contributed by atoms with Crippen molar-refractivity contribution in [2.45, 2.75) is 4.90 Å². The zero-order valence-corrected chi connectivity index (χ0v) is 12.9. The van der Waals surface area contributed by atoms with Gasteiger partial charge >= 0.3 is 0 Å². The number of amides is 1. The lowest BCUT2D eigenvalue weighted by molar-refractivity contribution is -0.113. The van der Waals surface area contributed by atoms with Gasteiger partial charge in [0.1, 0.15) is 5.75 Å². The van der Waals surface area contributed by atoms with Crippen molar-refractivity contribution < 1.29 is 9.00 Å². The minimum atomic E-state index is -1.45. The number of hydrogen-bond donors (Lipinski definition) is 2. The predicted molar refractivity (Wildman–Crippen MR) is 84.9 cm³/mol. The lowest BCUT2D eigenvalue weighted by Gasteiger charge is -2.07. The molecule has 0 fully saturated rings. The van der Waals surface area contributed by atoms with Crippen molar-refractivity contribution in [2.75, 3.05) is 16.8 Å². The van der Waals surface area contributed by atoms with Gasteiger partial charge in [-0.15, -0.1) is 0 Å². The summed E-state index contributed by atoms with van der Waals surface area (Å²) in [6, 6.07) is 14.1. The van der Waals surface area contributed by atoms with E-state index >= 15 is 0 Å². The quantitative estimate of drug-likeness (QED) is 0.831. The fourth-order valence-electron chi connectivity index (χ4n) is 1.65. The molecule has 2 aromatic carbocycles. The summed E-state index contributed by atoms with van der Waals surface area (Å²) in [5.74, 6) is -0.439. The van der Waals surface area contributed by atoms with E-state index in [9.17, 15) is 9.00 Å². The number of anilines is 2. The molecule has 0 aromatic heterocycles. The third-order valence-corrected chi connectivity index (χ3v) is 4.41. The van der Waals surface area contributed by atoms with Crippen LogP contribution in [0.2, 0.25) is 0 Å². The second-order valence-electron chi connectivity index (χ2n) is 4.09. The Hall–Kier alpha value is -1.66. The van der Waals surface area contributed by atoms with Gasteiger partial charge in [0.25, 0.3) is 0 Å². The largest absolute Gasteiger partial charge is 0.398 e. The number of halogens is 1. The summed E-state index contributed by atoms with van der Waals surface area (Å²) >= 11 is 3.32. The van der Waals surface area contributed by atoms with Gasteiger partial charge in [-0.2, -0.15) is 0 Å². The summed E-state index contributed by atoms with van der Waals surface area (Å²) in [5, 5.41) is 2.70. The molecule has 104 valence electrons. The fourth-order valence-corrected chi connectivity index (χ4v) is 3.07. The molecule has 1 unspecified atom stereocenters. The van der Waals surface area contributed by atoms with Crippen LogP contribution < -0.4 is 11.1 Å². The Balaban J connectivity index is 2.02. The van der Waals surface area contributed by atoms with Crippen molar-refractivity contribution in [2.24, 2.45) is 0 Å². The van der Waals surface area contributed by atoms with Crippen LogP contribution in [0.25, 0.3) is 0 Å². The van der Waals surface area contributed by atoms with Crippen LogP contribution in [0.3, 0.4) is 0 Å². The number of carbonyl (C=O) groups is 1. The Labute approximate surface area is 128 Å². The molecular formula is C14H13BrN2O2S. The number of hydrogen-bond acceptors (Lipinski definition) is 3. The van der Waals surface area contributed by atoms with Crippen LogP contribution in [0.4, 0.5) is 11.4 Å². The summed E-state index contributed by atoms with van der Waals surface area (Å²) in [6.07, 6.45) is 0. The minimum absolute atomic E-state index is 0.124. The molecule has 0 spiro atoms. The topological polar surface area (TPSA) is 72.2 Å². The standard InChI is InChI=1S/C14H13BrN2O2S/c15-10-4-3-5-11(8-10)17-14(18)9-20(19)13-7-2-1-6-12(13)16/h1-8H,9,16H2,(H,17,18). The van der Waals surface area contributed by atoms with Crippen molar-refractivity contribution in [3.63, 3.8) is 0 Å². The van der Waals surface area contributed by atoms with Crippen LogP contribution in [0.15, 0.2) is 57.9 Å². The average molecular weight is 353 g/mol. The van der Waals surface area contributed by atoms with E-state index in [1.54, 1.807) is 36.4 Å². The Kier molecular flexibility index (Phi) is 4.92. The van der Waals surface area contributed by atoms with Crippen LogP contribution >= 0.6 is 15.9 Å². The van der Waals surface area contributed by atoms with Gasteiger partial charge in [0.2, 0.25) is 5.91 Å². The molecule has 0 radical (unpaired) electrons. The molecular weight excluding hydrogens is 340 g/mol. The molecule has 20 heavy (non-hydrogen) atoms. The van der Waals surface area contributed by atoms with Gasteiger partial charge in [-0.25, -0.2) is 0 Å². The molecule has 0 aliphatic carbocycles. The van der Waals surface area contributed by atoms with Gasteiger partial charge in [-0.1, -0.05) is 34.1 Å². The summed E-state index contributed by atoms with van der Waals surface area (Å²) in [5.41, 5.74) is 6.83. The zero-order valence-electron chi connectivity index (χ0n) is 10.5. The molecule has 2 rings (SSSR count). The smallest absolute Gasteiger partial charge is 0.237 e. The van der Waals surface area contributed by atoms with Gasteiger partial charge < -0.3 is 11.1 Å². The van der Waals surface area contributed by atoms with Crippen molar-refractivity contribution in [3.05, 3.63) is 53.0 Å². The molecule has 0 heterocycles. The van der Waals surface area contributed by atoms with Crippen molar-refractivity contribution in [3.8, 4) is 0 Å². The number of nitrogens with two attached hydrogens (primary N) is 1. The number of nitrogen functional groups attached to an aromatic ring is 1. The monoisotopic (exact) mass is 352 g/mol. The average Bonchev–Trinajstić information content (AvgIpc) is 2.38. The molecule has 0 saturated carbocycles. The summed E-state index contributed by atoms with van der Waals surface area (Å²) < 4.78 is 13.0. The Bertz CT molecular complexity index is 661. The van der Waals surface area contributed by atoms with E-state index in [2.05, 4.69) is 21.2 Å². The number of carbonyl (C=O) groups excluding carboxylic acids is 1. The lowest BCUT2D eigenvalue weighted by Crippen LogP contribution is -2.20. The highest BCUT2D eigenvalue weighted by atomic mass is 79.9. The SMILES string of the molecule is Nc1ccccc1S(=O)CC(=O)Nc1cccc(Br)c1. The van der Waals surface area contributed by atoms with E-state index in [0.29, 0.717) is 16.3 Å². The van der Waals surface area contributed by atoms with Crippen LogP contribution in [0.5, 0.6) is 0 Å². The molecule has 1 atom stereocenters. The highest BCUT2D eigenvalue weighted by molar-refractivity contribution is 9.10. The first-order chi connectivity index (χ1) is 9.56. The minimum Gasteiger partial charge on any atom is -0.398 e. The Morgan fingerprint density at radius 3 is 2.65 bits per heavy atom. The maximum Gasteiger partial charge on any atom is 0.237 e. The van der Waals surface area contributed by atoms with E-state index in [4.69, 9.17) is 5.73 Å². The van der Waals surface area contributed by atoms with Crippen LogP contribution in [-0.2, 0) is 15.6 Å². The van der Waals surface area contributed by atoms with E-state index in [1.165, 1.54) is 0 Å². The molecule has 0 saturated heterocycles. The second-order valence-corrected chi connectivity index (χ2v) is 6.42. The van der Waals surface area contributed by atoms with E-state index in [1.807, 2.05) is 12.1 Å². The number of para-hydroxylation sites is 1. The Morgan fingerprint density at radius 2 is 1.95 bits per heavy atom. The van der Waals surface area contributed by atoms with Crippen molar-refractivity contribution in [1.82, 2.24) is 0 Å². The molecule has 6 heteroatoms. The van der Waals surface area contributed by atoms with Gasteiger partial charge in [0, 0.05) is 15.8 Å². The molecule has 0 aliphatic heterocycles. The number of nitrogens with one attached hydrogen (secondary N) is 1. The van der Waals surface area contributed by atoms with Gasteiger partial charge in [-0.05, 0) is 30.3 Å². The number of benzene rings is 2. The molecule has 3 N–H and O–H groups in total. The highest BCUT2D eigenvalue weighted by Gasteiger charge is 2.12. The van der Waals surface area contributed by atoms with Crippen LogP contribution in [-0.4, -0.2) is 15.9 Å². The van der Waals surface area contributed by atoms with Gasteiger partial charge in [0.15, 0.2) is 0 Å². The third kappa shape index (κ3) is 3.91. The Morgan fingerprint density at radius 1 is 1.20 bits per heavy atom. The molecule has 1 amide bonds. The van der Waals surface area contributed by atoms with Gasteiger partial charge in [-0.3, -0.25) is 9.00 Å². The maximum atomic E-state index is 12.1. The summed E-state index contributed by atoms with van der Waals surface area (Å²) in [4.78, 5) is 12.3. The zero-order chi connectivity index (χ0) is 14.5. The summed E-state index contributed by atoms with van der Waals surface area (Å²) in [7, 11) is -1.45. The van der Waals surface area contributed by atoms with Crippen LogP contribution in [0.1, 0.15) is 0 Å². The fraction of sp³-hybridized carbons (Fsp3) is 0.0714. The second kappa shape index (κ2) is 6.67. The first-order valence-electron chi connectivity index (χ1n) is 5.84. The van der Waals surface area contributed by atoms with Crippen molar-refractivity contribution in [1.29, 1.82) is 0 Å². The molecule has 4 nitrogen and oxygen atoms in total. The summed E-state index contributed by atoms with van der Waals surface area (Å²) in [6.45, 7) is 0. The normalized spacial score (nSPS) is 11.8. The van der Waals surface area contributed by atoms with Crippen molar-refractivity contribution >= 4 is 44.0 Å². The number of rotatable bonds is 4.